The molecule has 0 amide bonds. The zero-order chi connectivity index (χ0) is 12.4. The first kappa shape index (κ1) is 12.2. The number of aromatic nitrogens is 1. The maximum Gasteiger partial charge on any atom is 0.0436 e. The van der Waals surface area contributed by atoms with E-state index in [-0.39, 0.29) is 0 Å². The summed E-state index contributed by atoms with van der Waals surface area (Å²) in [5.41, 5.74) is 4.29. The van der Waals surface area contributed by atoms with Crippen molar-refractivity contribution >= 4 is 0 Å². The van der Waals surface area contributed by atoms with Gasteiger partial charge < -0.3 is 4.90 Å². The molecule has 0 radical (unpaired) electrons. The Morgan fingerprint density at radius 2 is 2.00 bits per heavy atom. The van der Waals surface area contributed by atoms with Crippen molar-refractivity contribution in [1.29, 1.82) is 0 Å². The van der Waals surface area contributed by atoms with Crippen molar-refractivity contribution in [2.45, 2.75) is 57.9 Å². The largest absolute Gasteiger partial charge is 0.300 e. The first-order chi connectivity index (χ1) is 8.86. The molecule has 0 N–H and O–H groups in total. The topological polar surface area (TPSA) is 16.1 Å². The van der Waals surface area contributed by atoms with Crippen LogP contribution in [-0.2, 0) is 19.3 Å². The lowest BCUT2D eigenvalue weighted by atomic mass is 10.0. The van der Waals surface area contributed by atoms with E-state index in [0.717, 1.165) is 12.5 Å². The second kappa shape index (κ2) is 5.40. The summed E-state index contributed by atoms with van der Waals surface area (Å²) in [6, 6.07) is 3.21. The van der Waals surface area contributed by atoms with E-state index in [1.165, 1.54) is 68.4 Å². The van der Waals surface area contributed by atoms with Crippen LogP contribution >= 0.6 is 0 Å². The minimum atomic E-state index is 0.812. The van der Waals surface area contributed by atoms with E-state index in [0.29, 0.717) is 0 Å². The van der Waals surface area contributed by atoms with Gasteiger partial charge in [-0.2, -0.15) is 0 Å². The van der Waals surface area contributed by atoms with E-state index in [9.17, 15) is 0 Å². The molecule has 2 heteroatoms. The molecule has 0 saturated carbocycles. The highest BCUT2D eigenvalue weighted by atomic mass is 15.2. The first-order valence-corrected chi connectivity index (χ1v) is 7.57. The number of hydrogen-bond acceptors (Lipinski definition) is 2. The van der Waals surface area contributed by atoms with Crippen molar-refractivity contribution in [1.82, 2.24) is 9.88 Å². The summed E-state index contributed by atoms with van der Waals surface area (Å²) in [5, 5.41) is 0. The van der Waals surface area contributed by atoms with Crippen LogP contribution in [0.25, 0.3) is 0 Å². The molecule has 0 spiro atoms. The molecule has 1 aromatic rings. The van der Waals surface area contributed by atoms with E-state index in [4.69, 9.17) is 4.98 Å². The maximum atomic E-state index is 4.69. The lowest BCUT2D eigenvalue weighted by Crippen LogP contribution is -2.32. The Morgan fingerprint density at radius 1 is 1.22 bits per heavy atom. The van der Waals surface area contributed by atoms with E-state index >= 15 is 0 Å². The van der Waals surface area contributed by atoms with Crippen LogP contribution in [0.2, 0.25) is 0 Å². The van der Waals surface area contributed by atoms with E-state index in [1.54, 1.807) is 0 Å². The summed E-state index contributed by atoms with van der Waals surface area (Å²) in [7, 11) is 0. The molecule has 2 heterocycles. The second-order valence-corrected chi connectivity index (χ2v) is 5.78. The quantitative estimate of drug-likeness (QED) is 0.744. The van der Waals surface area contributed by atoms with Gasteiger partial charge >= 0.3 is 0 Å². The fraction of sp³-hybridized carbons (Fsp3) is 0.688. The average Bonchev–Trinajstić information content (AvgIpc) is 2.85. The molecular formula is C16H24N2. The number of rotatable bonds is 2. The Labute approximate surface area is 110 Å². The third-order valence-corrected chi connectivity index (χ3v) is 4.64. The first-order valence-electron chi connectivity index (χ1n) is 7.57. The lowest BCUT2D eigenvalue weighted by molar-refractivity contribution is 0.222. The summed E-state index contributed by atoms with van der Waals surface area (Å²) in [6.07, 6.45) is 11.1. The molecule has 1 fully saturated rings. The number of hydrogen-bond donors (Lipinski definition) is 0. The molecule has 2 aliphatic rings. The van der Waals surface area contributed by atoms with Gasteiger partial charge in [0.1, 0.15) is 0 Å². The molecule has 1 aromatic heterocycles. The van der Waals surface area contributed by atoms with E-state index in [2.05, 4.69) is 24.1 Å². The van der Waals surface area contributed by atoms with Gasteiger partial charge in [0.2, 0.25) is 0 Å². The minimum absolute atomic E-state index is 0.812. The standard InChI is InChI=1S/C16H24N2/c1-2-13-11-14-5-6-15(18-9-3-4-10-18)7-8-16(14)17-12-13/h11-12,15H,2-10H2,1H3/t15-/m0/s1. The van der Waals surface area contributed by atoms with E-state index in [1.807, 2.05) is 0 Å². The summed E-state index contributed by atoms with van der Waals surface area (Å²) in [5.74, 6) is 0. The van der Waals surface area contributed by atoms with Crippen LogP contribution in [0.15, 0.2) is 12.3 Å². The van der Waals surface area contributed by atoms with Crippen LogP contribution in [0.4, 0.5) is 0 Å². The predicted molar refractivity (Wildman–Crippen MR) is 74.9 cm³/mol. The molecular weight excluding hydrogens is 220 g/mol. The number of likely N-dealkylation sites (tertiary alicyclic amines) is 1. The van der Waals surface area contributed by atoms with Crippen LogP contribution in [-0.4, -0.2) is 29.0 Å². The Morgan fingerprint density at radius 3 is 2.78 bits per heavy atom. The zero-order valence-electron chi connectivity index (χ0n) is 11.5. The highest BCUT2D eigenvalue weighted by molar-refractivity contribution is 5.27. The predicted octanol–water partition coefficient (Wildman–Crippen LogP) is 2.99. The van der Waals surface area contributed by atoms with Crippen LogP contribution in [0.1, 0.15) is 49.4 Å². The Kier molecular flexibility index (Phi) is 3.64. The highest BCUT2D eigenvalue weighted by Gasteiger charge is 2.24. The number of nitrogens with zero attached hydrogens (tertiary/aromatic N) is 2. The summed E-state index contributed by atoms with van der Waals surface area (Å²) in [4.78, 5) is 7.41. The molecule has 0 unspecified atom stereocenters. The van der Waals surface area contributed by atoms with Crippen LogP contribution in [0.5, 0.6) is 0 Å². The van der Waals surface area contributed by atoms with Gasteiger partial charge in [0.15, 0.2) is 0 Å². The number of aryl methyl sites for hydroxylation is 3. The van der Waals surface area contributed by atoms with Crippen LogP contribution < -0.4 is 0 Å². The van der Waals surface area contributed by atoms with Gasteiger partial charge in [0.05, 0.1) is 0 Å². The third kappa shape index (κ3) is 2.44. The van der Waals surface area contributed by atoms with Crippen molar-refractivity contribution in [3.63, 3.8) is 0 Å². The fourth-order valence-electron chi connectivity index (χ4n) is 3.46. The average molecular weight is 244 g/mol. The SMILES string of the molecule is CCc1cnc2c(c1)CC[C@H](N1CCCC1)CC2. The third-order valence-electron chi connectivity index (χ3n) is 4.64. The Balaban J connectivity index is 1.73. The van der Waals surface area contributed by atoms with Gasteiger partial charge in [-0.25, -0.2) is 0 Å². The molecule has 3 rings (SSSR count). The molecule has 2 nitrogen and oxygen atoms in total. The summed E-state index contributed by atoms with van der Waals surface area (Å²) < 4.78 is 0. The molecule has 0 bridgehead atoms. The second-order valence-electron chi connectivity index (χ2n) is 5.78. The van der Waals surface area contributed by atoms with Crippen molar-refractivity contribution < 1.29 is 0 Å². The van der Waals surface area contributed by atoms with Crippen molar-refractivity contribution in [2.24, 2.45) is 0 Å². The molecule has 1 saturated heterocycles. The summed E-state index contributed by atoms with van der Waals surface area (Å²) in [6.45, 7) is 4.87. The van der Waals surface area contributed by atoms with Crippen molar-refractivity contribution in [3.05, 3.63) is 29.1 Å². The van der Waals surface area contributed by atoms with Gasteiger partial charge in [-0.15, -0.1) is 0 Å². The Bertz CT molecular complexity index is 408. The number of pyridine rings is 1. The van der Waals surface area contributed by atoms with Gasteiger partial charge in [-0.3, -0.25) is 4.98 Å². The van der Waals surface area contributed by atoms with E-state index < -0.39 is 0 Å². The highest BCUT2D eigenvalue weighted by Crippen LogP contribution is 2.25. The van der Waals surface area contributed by atoms with Crippen molar-refractivity contribution in [2.75, 3.05) is 13.1 Å². The van der Waals surface area contributed by atoms with Crippen molar-refractivity contribution in [3.8, 4) is 0 Å². The molecule has 98 valence electrons. The molecule has 1 aliphatic carbocycles. The zero-order valence-corrected chi connectivity index (χ0v) is 11.5. The Hall–Kier alpha value is -0.890. The molecule has 1 atom stereocenters. The number of fused-ring (bicyclic) bond motifs is 1. The van der Waals surface area contributed by atoms with Crippen LogP contribution in [0.3, 0.4) is 0 Å². The fourth-order valence-corrected chi connectivity index (χ4v) is 3.46. The normalized spacial score (nSPS) is 24.8. The van der Waals surface area contributed by atoms with Gasteiger partial charge in [0, 0.05) is 17.9 Å². The minimum Gasteiger partial charge on any atom is -0.300 e. The maximum absolute atomic E-state index is 4.69. The van der Waals surface area contributed by atoms with Gasteiger partial charge in [0.25, 0.3) is 0 Å². The smallest absolute Gasteiger partial charge is 0.0436 e. The molecule has 18 heavy (non-hydrogen) atoms. The van der Waals surface area contributed by atoms with Crippen LogP contribution in [0, 0.1) is 0 Å². The monoisotopic (exact) mass is 244 g/mol. The molecule has 0 aromatic carbocycles. The van der Waals surface area contributed by atoms with Gasteiger partial charge in [-0.05, 0) is 69.2 Å². The van der Waals surface area contributed by atoms with Gasteiger partial charge in [-0.1, -0.05) is 13.0 Å². The summed E-state index contributed by atoms with van der Waals surface area (Å²) >= 11 is 0. The lowest BCUT2D eigenvalue weighted by Gasteiger charge is -2.25. The molecule has 1 aliphatic heterocycles.